The quantitative estimate of drug-likeness (QED) is 0.820. The minimum absolute atomic E-state index is 0.308. The number of nitrogens with one attached hydrogen (secondary N) is 1. The van der Waals surface area contributed by atoms with Crippen molar-refractivity contribution in [2.45, 2.75) is 12.8 Å². The maximum absolute atomic E-state index is 11.5. The summed E-state index contributed by atoms with van der Waals surface area (Å²) in [6.07, 6.45) is 2.27. The van der Waals surface area contributed by atoms with Gasteiger partial charge in [-0.25, -0.2) is 9.89 Å². The van der Waals surface area contributed by atoms with E-state index in [9.17, 15) is 4.79 Å². The number of hydrogen-bond acceptors (Lipinski definition) is 4. The molecule has 1 unspecified atom stereocenters. The molecule has 0 aromatic carbocycles. The smallest absolute Gasteiger partial charge is 0.355 e. The molecule has 1 atom stereocenters. The Morgan fingerprint density at radius 1 is 1.50 bits per heavy atom. The first-order chi connectivity index (χ1) is 8.78. The summed E-state index contributed by atoms with van der Waals surface area (Å²) in [7, 11) is 0. The molecular weight excluding hydrogens is 254 g/mol. The van der Waals surface area contributed by atoms with E-state index in [4.69, 9.17) is 11.6 Å². The number of anilines is 1. The van der Waals surface area contributed by atoms with E-state index in [0.717, 1.165) is 31.7 Å². The standard InChI is InChI=1S/C11H14ClN5O/c12-6-8-2-1-5-16(7-8)10-4-3-9-13-14-11(18)17(9)15-10/h3-4,8H,1-2,5-7H2,(H,14,18). The van der Waals surface area contributed by atoms with Gasteiger partial charge in [0.2, 0.25) is 0 Å². The minimum atomic E-state index is -0.308. The number of H-pyrrole nitrogens is 1. The Labute approximate surface area is 109 Å². The molecule has 1 aliphatic heterocycles. The Morgan fingerprint density at radius 2 is 2.39 bits per heavy atom. The third kappa shape index (κ3) is 1.96. The largest absolute Gasteiger partial charge is 0.364 e. The fourth-order valence-corrected chi connectivity index (χ4v) is 2.61. The third-order valence-electron chi connectivity index (χ3n) is 3.32. The van der Waals surface area contributed by atoms with E-state index in [1.807, 2.05) is 6.07 Å². The predicted molar refractivity (Wildman–Crippen MR) is 69.3 cm³/mol. The first-order valence-electron chi connectivity index (χ1n) is 6.03. The Bertz CT molecular complexity index is 607. The van der Waals surface area contributed by atoms with Gasteiger partial charge in [0.25, 0.3) is 0 Å². The van der Waals surface area contributed by atoms with Crippen LogP contribution in [0.5, 0.6) is 0 Å². The van der Waals surface area contributed by atoms with Gasteiger partial charge in [-0.3, -0.25) is 0 Å². The SMILES string of the molecule is O=c1[nH]nc2ccc(N3CCCC(CCl)C3)nn12. The van der Waals surface area contributed by atoms with Crippen molar-refractivity contribution in [3.8, 4) is 0 Å². The lowest BCUT2D eigenvalue weighted by atomic mass is 10.0. The Kier molecular flexibility index (Phi) is 2.95. The zero-order chi connectivity index (χ0) is 12.5. The molecule has 0 radical (unpaired) electrons. The van der Waals surface area contributed by atoms with Gasteiger partial charge in [0.15, 0.2) is 5.65 Å². The van der Waals surface area contributed by atoms with Crippen LogP contribution in [0.25, 0.3) is 5.65 Å². The normalized spacial score (nSPS) is 20.5. The molecule has 0 amide bonds. The van der Waals surface area contributed by atoms with E-state index in [1.54, 1.807) is 6.07 Å². The van der Waals surface area contributed by atoms with E-state index in [1.165, 1.54) is 4.52 Å². The van der Waals surface area contributed by atoms with Crippen LogP contribution in [0, 0.1) is 5.92 Å². The average Bonchev–Trinajstić information content (AvgIpc) is 2.80. The highest BCUT2D eigenvalue weighted by Gasteiger charge is 2.20. The summed E-state index contributed by atoms with van der Waals surface area (Å²) in [6, 6.07) is 3.69. The van der Waals surface area contributed by atoms with Gasteiger partial charge in [0.1, 0.15) is 5.82 Å². The number of fused-ring (bicyclic) bond motifs is 1. The lowest BCUT2D eigenvalue weighted by Gasteiger charge is -2.32. The molecule has 2 aromatic rings. The van der Waals surface area contributed by atoms with Crippen LogP contribution in [0.4, 0.5) is 5.82 Å². The second kappa shape index (κ2) is 4.61. The molecule has 0 bridgehead atoms. The molecule has 6 nitrogen and oxygen atoms in total. The first-order valence-corrected chi connectivity index (χ1v) is 6.57. The van der Waals surface area contributed by atoms with Gasteiger partial charge < -0.3 is 4.90 Å². The van der Waals surface area contributed by atoms with Crippen LogP contribution in [0.2, 0.25) is 0 Å². The van der Waals surface area contributed by atoms with Crippen molar-refractivity contribution in [3.05, 3.63) is 22.6 Å². The fourth-order valence-electron chi connectivity index (χ4n) is 2.36. The van der Waals surface area contributed by atoms with Crippen LogP contribution in [0.3, 0.4) is 0 Å². The molecule has 0 saturated carbocycles. The van der Waals surface area contributed by atoms with Crippen molar-refractivity contribution in [2.75, 3.05) is 23.9 Å². The number of piperidine rings is 1. The van der Waals surface area contributed by atoms with Gasteiger partial charge in [-0.2, -0.15) is 9.61 Å². The van der Waals surface area contributed by atoms with Crippen molar-refractivity contribution in [3.63, 3.8) is 0 Å². The molecule has 3 rings (SSSR count). The Morgan fingerprint density at radius 3 is 3.22 bits per heavy atom. The lowest BCUT2D eigenvalue weighted by molar-refractivity contribution is 0.447. The van der Waals surface area contributed by atoms with E-state index in [0.29, 0.717) is 17.4 Å². The number of rotatable bonds is 2. The summed E-state index contributed by atoms with van der Waals surface area (Å²) in [5.41, 5.74) is 0.229. The summed E-state index contributed by atoms with van der Waals surface area (Å²) >= 11 is 5.92. The summed E-state index contributed by atoms with van der Waals surface area (Å²) < 4.78 is 1.29. The molecule has 3 heterocycles. The van der Waals surface area contributed by atoms with E-state index in [2.05, 4.69) is 20.2 Å². The average molecular weight is 268 g/mol. The summed E-state index contributed by atoms with van der Waals surface area (Å²) in [4.78, 5) is 13.7. The second-order valence-corrected chi connectivity index (χ2v) is 4.91. The molecule has 1 fully saturated rings. The Balaban J connectivity index is 1.93. The number of halogens is 1. The van der Waals surface area contributed by atoms with Crippen LogP contribution in [0.1, 0.15) is 12.8 Å². The number of alkyl halides is 1. The van der Waals surface area contributed by atoms with Crippen LogP contribution in [0.15, 0.2) is 16.9 Å². The number of aromatic amines is 1. The first kappa shape index (κ1) is 11.5. The molecule has 96 valence electrons. The van der Waals surface area contributed by atoms with E-state index >= 15 is 0 Å². The number of nitrogens with zero attached hydrogens (tertiary/aromatic N) is 4. The fraction of sp³-hybridized carbons (Fsp3) is 0.545. The molecule has 1 saturated heterocycles. The maximum Gasteiger partial charge on any atom is 0.364 e. The van der Waals surface area contributed by atoms with Crippen molar-refractivity contribution < 1.29 is 0 Å². The van der Waals surface area contributed by atoms with Gasteiger partial charge in [0.05, 0.1) is 0 Å². The van der Waals surface area contributed by atoms with Gasteiger partial charge >= 0.3 is 5.69 Å². The van der Waals surface area contributed by atoms with Crippen LogP contribution < -0.4 is 10.6 Å². The summed E-state index contributed by atoms with van der Waals surface area (Å²) in [5, 5.41) is 10.6. The molecule has 0 aliphatic carbocycles. The third-order valence-corrected chi connectivity index (χ3v) is 3.76. The minimum Gasteiger partial charge on any atom is -0.355 e. The van der Waals surface area contributed by atoms with Crippen LogP contribution in [-0.4, -0.2) is 38.8 Å². The van der Waals surface area contributed by atoms with Crippen LogP contribution >= 0.6 is 11.6 Å². The molecule has 1 N–H and O–H groups in total. The van der Waals surface area contributed by atoms with Gasteiger partial charge in [-0.15, -0.1) is 16.7 Å². The highest BCUT2D eigenvalue weighted by Crippen LogP contribution is 2.22. The highest BCUT2D eigenvalue weighted by molar-refractivity contribution is 6.18. The van der Waals surface area contributed by atoms with Crippen molar-refractivity contribution in [2.24, 2.45) is 5.92 Å². The van der Waals surface area contributed by atoms with Gasteiger partial charge in [0, 0.05) is 19.0 Å². The number of hydrogen-bond donors (Lipinski definition) is 1. The molecule has 0 spiro atoms. The van der Waals surface area contributed by atoms with Gasteiger partial charge in [-0.05, 0) is 30.9 Å². The van der Waals surface area contributed by atoms with E-state index < -0.39 is 0 Å². The molecule has 18 heavy (non-hydrogen) atoms. The zero-order valence-corrected chi connectivity index (χ0v) is 10.6. The van der Waals surface area contributed by atoms with Gasteiger partial charge in [-0.1, -0.05) is 0 Å². The predicted octanol–water partition coefficient (Wildman–Crippen LogP) is 0.873. The van der Waals surface area contributed by atoms with Crippen LogP contribution in [-0.2, 0) is 0 Å². The molecule has 1 aliphatic rings. The van der Waals surface area contributed by atoms with Crippen molar-refractivity contribution in [1.29, 1.82) is 0 Å². The van der Waals surface area contributed by atoms with Crippen molar-refractivity contribution >= 4 is 23.1 Å². The maximum atomic E-state index is 11.5. The highest BCUT2D eigenvalue weighted by atomic mass is 35.5. The second-order valence-electron chi connectivity index (χ2n) is 4.60. The van der Waals surface area contributed by atoms with E-state index in [-0.39, 0.29) is 5.69 Å². The zero-order valence-electron chi connectivity index (χ0n) is 9.84. The summed E-state index contributed by atoms with van der Waals surface area (Å²) in [5.74, 6) is 1.98. The molecular formula is C11H14ClN5O. The monoisotopic (exact) mass is 267 g/mol. The topological polar surface area (TPSA) is 66.3 Å². The number of aromatic nitrogens is 4. The molecule has 2 aromatic heterocycles. The molecule has 7 heteroatoms. The Hall–Kier alpha value is -1.56. The van der Waals surface area contributed by atoms with Crippen molar-refractivity contribution in [1.82, 2.24) is 19.8 Å². The summed E-state index contributed by atoms with van der Waals surface area (Å²) in [6.45, 7) is 1.85. The lowest BCUT2D eigenvalue weighted by Crippen LogP contribution is -2.37.